The van der Waals surface area contributed by atoms with Crippen molar-refractivity contribution in [1.29, 1.82) is 0 Å². The van der Waals surface area contributed by atoms with E-state index in [1.165, 1.54) is 0 Å². The van der Waals surface area contributed by atoms with E-state index >= 15 is 0 Å². The average molecular weight is 519 g/mol. The Morgan fingerprint density at radius 2 is 1.83 bits per heavy atom. The Kier molecular flexibility index (Phi) is 8.69. The highest BCUT2D eigenvalue weighted by Gasteiger charge is 2.30. The topological polar surface area (TPSA) is 69.7 Å². The second-order valence-corrected chi connectivity index (χ2v) is 9.39. The van der Waals surface area contributed by atoms with Gasteiger partial charge in [-0.3, -0.25) is 4.79 Å². The number of benzene rings is 2. The number of rotatable bonds is 9. The van der Waals surface area contributed by atoms with E-state index in [4.69, 9.17) is 23.7 Å². The lowest BCUT2D eigenvalue weighted by molar-refractivity contribution is 0.0658. The number of nitrogens with zero attached hydrogens (tertiary/aromatic N) is 2. The molecule has 0 radical (unpaired) electrons. The minimum atomic E-state index is 0. The highest BCUT2D eigenvalue weighted by molar-refractivity contribution is 5.97. The molecule has 1 saturated heterocycles. The number of halogens is 1. The number of hydrogen-bond acceptors (Lipinski definition) is 7. The van der Waals surface area contributed by atoms with Crippen molar-refractivity contribution in [3.63, 3.8) is 0 Å². The number of amides is 1. The summed E-state index contributed by atoms with van der Waals surface area (Å²) in [5, 5.41) is 0. The van der Waals surface area contributed by atoms with E-state index in [0.29, 0.717) is 24.0 Å². The lowest BCUT2D eigenvalue weighted by atomic mass is 9.94. The number of piperidine rings is 1. The molecule has 0 aliphatic carbocycles. The van der Waals surface area contributed by atoms with Gasteiger partial charge >= 0.3 is 0 Å². The Hall–Kier alpha value is -2.84. The van der Waals surface area contributed by atoms with Crippen LogP contribution in [-0.2, 0) is 6.42 Å². The van der Waals surface area contributed by atoms with Crippen LogP contribution in [0.4, 0.5) is 0 Å². The van der Waals surface area contributed by atoms with Crippen molar-refractivity contribution in [2.75, 3.05) is 60.3 Å². The van der Waals surface area contributed by atoms with Crippen molar-refractivity contribution in [2.24, 2.45) is 5.92 Å². The van der Waals surface area contributed by atoms with E-state index in [1.54, 1.807) is 14.2 Å². The number of ether oxygens (including phenoxy) is 5. The highest BCUT2D eigenvalue weighted by Crippen LogP contribution is 2.35. The molecule has 0 aromatic heterocycles. The third kappa shape index (κ3) is 5.76. The van der Waals surface area contributed by atoms with Gasteiger partial charge in [0.2, 0.25) is 6.79 Å². The van der Waals surface area contributed by atoms with Gasteiger partial charge in [0, 0.05) is 37.8 Å². The summed E-state index contributed by atoms with van der Waals surface area (Å²) in [7, 11) is 3.23. The first-order valence-corrected chi connectivity index (χ1v) is 12.4. The minimum absolute atomic E-state index is 0. The van der Waals surface area contributed by atoms with Crippen LogP contribution in [0.25, 0.3) is 0 Å². The molecule has 0 bridgehead atoms. The summed E-state index contributed by atoms with van der Waals surface area (Å²) in [6, 6.07) is 9.47. The van der Waals surface area contributed by atoms with Crippen LogP contribution >= 0.6 is 12.4 Å². The average Bonchev–Trinajstić information content (AvgIpc) is 3.36. The molecular weight excluding hydrogens is 484 g/mol. The largest absolute Gasteiger partial charge is 0.493 e. The van der Waals surface area contributed by atoms with E-state index in [1.807, 2.05) is 35.2 Å². The highest BCUT2D eigenvalue weighted by atomic mass is 35.5. The molecular formula is C27H35ClN2O6. The lowest BCUT2D eigenvalue weighted by Crippen LogP contribution is -2.45. The summed E-state index contributed by atoms with van der Waals surface area (Å²) in [5.74, 6) is 4.20. The van der Waals surface area contributed by atoms with E-state index in [-0.39, 0.29) is 25.1 Å². The number of methoxy groups -OCH3 is 2. The van der Waals surface area contributed by atoms with Gasteiger partial charge in [-0.25, -0.2) is 0 Å². The molecule has 5 rings (SSSR count). The monoisotopic (exact) mass is 518 g/mol. The summed E-state index contributed by atoms with van der Waals surface area (Å²) < 4.78 is 27.5. The second-order valence-electron chi connectivity index (χ2n) is 9.39. The van der Waals surface area contributed by atoms with Crippen LogP contribution in [0.2, 0.25) is 0 Å². The van der Waals surface area contributed by atoms with Crippen molar-refractivity contribution in [2.45, 2.75) is 25.7 Å². The predicted molar refractivity (Wildman–Crippen MR) is 138 cm³/mol. The fourth-order valence-electron chi connectivity index (χ4n) is 5.29. The van der Waals surface area contributed by atoms with Gasteiger partial charge in [0.1, 0.15) is 5.75 Å². The van der Waals surface area contributed by atoms with Crippen molar-refractivity contribution in [3.8, 4) is 28.7 Å². The molecule has 196 valence electrons. The number of carbonyl (C=O) groups excluding carboxylic acids is 1. The van der Waals surface area contributed by atoms with Gasteiger partial charge in [-0.1, -0.05) is 0 Å². The fraction of sp³-hybridized carbons (Fsp3) is 0.519. The van der Waals surface area contributed by atoms with Gasteiger partial charge in [0.05, 0.1) is 20.8 Å². The third-order valence-corrected chi connectivity index (χ3v) is 7.09. The molecule has 1 fully saturated rings. The van der Waals surface area contributed by atoms with Crippen LogP contribution in [0.3, 0.4) is 0 Å². The Morgan fingerprint density at radius 3 is 2.67 bits per heavy atom. The van der Waals surface area contributed by atoms with Gasteiger partial charge in [-0.05, 0) is 68.0 Å². The van der Waals surface area contributed by atoms with Crippen LogP contribution in [0.1, 0.15) is 35.2 Å². The van der Waals surface area contributed by atoms with Crippen LogP contribution in [0.15, 0.2) is 30.3 Å². The second kappa shape index (κ2) is 11.9. The SMILES string of the molecule is COc1cc2c(cc1OC)C(=O)N(CC1CCCN(CCCOc3ccc4c(c3)OCO4)C1)CC2.Cl. The van der Waals surface area contributed by atoms with Crippen molar-refractivity contribution in [3.05, 3.63) is 41.5 Å². The Balaban J connectivity index is 0.00000304. The molecule has 1 atom stereocenters. The fourth-order valence-corrected chi connectivity index (χ4v) is 5.29. The summed E-state index contributed by atoms with van der Waals surface area (Å²) in [6.45, 7) is 5.61. The molecule has 1 amide bonds. The maximum Gasteiger partial charge on any atom is 0.254 e. The molecule has 1 unspecified atom stereocenters. The van der Waals surface area contributed by atoms with E-state index in [2.05, 4.69) is 4.90 Å². The van der Waals surface area contributed by atoms with Gasteiger partial charge in [0.15, 0.2) is 23.0 Å². The van der Waals surface area contributed by atoms with Gasteiger partial charge in [-0.15, -0.1) is 12.4 Å². The van der Waals surface area contributed by atoms with E-state index in [0.717, 1.165) is 86.8 Å². The van der Waals surface area contributed by atoms with Crippen LogP contribution < -0.4 is 23.7 Å². The Morgan fingerprint density at radius 1 is 1.03 bits per heavy atom. The van der Waals surface area contributed by atoms with Crippen LogP contribution in [-0.4, -0.2) is 76.1 Å². The normalized spacial score (nSPS) is 18.9. The standard InChI is InChI=1S/C27H34N2O6.ClH/c1-31-24-13-20-8-11-29(27(30)22(20)15-25(24)32-2)17-19-5-3-9-28(16-19)10-4-12-33-21-6-7-23-26(14-21)35-18-34-23;/h6-7,13-15,19H,3-5,8-12,16-18H2,1-2H3;1H. The number of carbonyl (C=O) groups is 1. The van der Waals surface area contributed by atoms with Crippen LogP contribution in [0.5, 0.6) is 28.7 Å². The summed E-state index contributed by atoms with van der Waals surface area (Å²) in [4.78, 5) is 17.8. The Bertz CT molecular complexity index is 1060. The van der Waals surface area contributed by atoms with Crippen LogP contribution in [0, 0.1) is 5.92 Å². The van der Waals surface area contributed by atoms with E-state index < -0.39 is 0 Å². The zero-order valence-electron chi connectivity index (χ0n) is 21.0. The molecule has 0 spiro atoms. The summed E-state index contributed by atoms with van der Waals surface area (Å²) in [5.41, 5.74) is 1.78. The smallest absolute Gasteiger partial charge is 0.254 e. The quantitative estimate of drug-likeness (QED) is 0.464. The molecule has 3 aliphatic heterocycles. The predicted octanol–water partition coefficient (Wildman–Crippen LogP) is 4.03. The molecule has 2 aromatic rings. The molecule has 9 heteroatoms. The van der Waals surface area contributed by atoms with Crippen molar-refractivity contribution in [1.82, 2.24) is 9.80 Å². The number of fused-ring (bicyclic) bond motifs is 2. The molecule has 0 N–H and O–H groups in total. The first kappa shape index (κ1) is 26.2. The molecule has 0 saturated carbocycles. The summed E-state index contributed by atoms with van der Waals surface area (Å²) in [6.07, 6.45) is 4.12. The minimum Gasteiger partial charge on any atom is -0.493 e. The molecule has 36 heavy (non-hydrogen) atoms. The molecule has 2 aromatic carbocycles. The van der Waals surface area contributed by atoms with Gasteiger partial charge < -0.3 is 33.5 Å². The van der Waals surface area contributed by atoms with Gasteiger partial charge in [-0.2, -0.15) is 0 Å². The molecule has 3 aliphatic rings. The Labute approximate surface area is 218 Å². The number of hydrogen-bond donors (Lipinski definition) is 0. The lowest BCUT2D eigenvalue weighted by Gasteiger charge is -2.37. The molecule has 8 nitrogen and oxygen atoms in total. The zero-order valence-corrected chi connectivity index (χ0v) is 21.8. The summed E-state index contributed by atoms with van der Waals surface area (Å²) >= 11 is 0. The van der Waals surface area contributed by atoms with Crippen molar-refractivity contribution >= 4 is 18.3 Å². The first-order chi connectivity index (χ1) is 17.1. The van der Waals surface area contributed by atoms with Gasteiger partial charge in [0.25, 0.3) is 5.91 Å². The maximum atomic E-state index is 13.2. The maximum absolute atomic E-state index is 13.2. The van der Waals surface area contributed by atoms with Crippen molar-refractivity contribution < 1.29 is 28.5 Å². The van der Waals surface area contributed by atoms with E-state index in [9.17, 15) is 4.79 Å². The first-order valence-electron chi connectivity index (χ1n) is 12.4. The molecule has 3 heterocycles. The number of likely N-dealkylation sites (tertiary alicyclic amines) is 1. The zero-order chi connectivity index (χ0) is 24.2. The third-order valence-electron chi connectivity index (χ3n) is 7.09.